The topological polar surface area (TPSA) is 86.2 Å². The van der Waals surface area contributed by atoms with Gasteiger partial charge in [0.2, 0.25) is 5.91 Å². The second-order valence-electron chi connectivity index (χ2n) is 7.06. The molecule has 2 heterocycles. The fourth-order valence-electron chi connectivity index (χ4n) is 3.04. The van der Waals surface area contributed by atoms with Gasteiger partial charge in [-0.1, -0.05) is 24.3 Å². The Labute approximate surface area is 190 Å². The van der Waals surface area contributed by atoms with Gasteiger partial charge in [-0.15, -0.1) is 0 Å². The van der Waals surface area contributed by atoms with E-state index in [0.29, 0.717) is 36.2 Å². The van der Waals surface area contributed by atoms with Crippen molar-refractivity contribution in [2.75, 3.05) is 7.11 Å². The largest absolute Gasteiger partial charge is 0.497 e. The summed E-state index contributed by atoms with van der Waals surface area (Å²) in [5, 5.41) is 3.39. The Morgan fingerprint density at radius 3 is 2.56 bits per heavy atom. The number of ether oxygens (including phenoxy) is 2. The van der Waals surface area contributed by atoms with Gasteiger partial charge in [0.25, 0.3) is 5.19 Å². The molecule has 0 radical (unpaired) electrons. The van der Waals surface area contributed by atoms with Crippen LogP contribution >= 0.6 is 11.5 Å². The molecule has 1 amide bonds. The third-order valence-corrected chi connectivity index (χ3v) is 5.31. The quantitative estimate of drug-likeness (QED) is 0.415. The highest BCUT2D eigenvalue weighted by Crippen LogP contribution is 2.25. The predicted octanol–water partition coefficient (Wildman–Crippen LogP) is 4.18. The molecule has 0 bridgehead atoms. The summed E-state index contributed by atoms with van der Waals surface area (Å²) in [4.78, 5) is 20.6. The summed E-state index contributed by atoms with van der Waals surface area (Å²) >= 11 is 1.21. The van der Waals surface area contributed by atoms with Crippen LogP contribution in [0.25, 0.3) is 0 Å². The first kappa shape index (κ1) is 21.5. The number of amides is 1. The third kappa shape index (κ3) is 6.12. The van der Waals surface area contributed by atoms with Gasteiger partial charge in [-0.25, -0.2) is 0 Å². The van der Waals surface area contributed by atoms with Crippen molar-refractivity contribution in [1.82, 2.24) is 19.7 Å². The van der Waals surface area contributed by atoms with Gasteiger partial charge < -0.3 is 14.8 Å². The Morgan fingerprint density at radius 1 is 0.969 bits per heavy atom. The number of nitrogens with zero attached hydrogens (tertiary/aromatic N) is 3. The number of nitrogens with one attached hydrogen (secondary N) is 1. The normalized spacial score (nSPS) is 10.5. The number of benzene rings is 2. The molecule has 0 fully saturated rings. The Bertz CT molecular complexity index is 1160. The standard InChI is InChI=1S/C24H22N4O3S/c1-30-21-4-2-3-19(13-21)14-22-27-24(32-28-22)31-20-7-5-17(6-8-20)15-23(29)26-16-18-9-11-25-12-10-18/h2-13H,14-16H2,1H3,(H,26,29). The van der Waals surface area contributed by atoms with Crippen molar-refractivity contribution >= 4 is 17.4 Å². The van der Waals surface area contributed by atoms with Gasteiger partial charge in [0.1, 0.15) is 11.5 Å². The molecule has 0 aliphatic heterocycles. The molecular weight excluding hydrogens is 424 g/mol. The van der Waals surface area contributed by atoms with Crippen molar-refractivity contribution in [2.24, 2.45) is 0 Å². The summed E-state index contributed by atoms with van der Waals surface area (Å²) in [5.74, 6) is 2.11. The summed E-state index contributed by atoms with van der Waals surface area (Å²) in [6.07, 6.45) is 4.32. The SMILES string of the molecule is COc1cccc(Cc2nsc(Oc3ccc(CC(=O)NCc4ccncc4)cc3)n2)c1. The monoisotopic (exact) mass is 446 g/mol. The number of pyridine rings is 1. The molecule has 4 aromatic rings. The number of hydrogen-bond acceptors (Lipinski definition) is 7. The van der Waals surface area contributed by atoms with Crippen LogP contribution in [-0.4, -0.2) is 27.4 Å². The van der Waals surface area contributed by atoms with Crippen LogP contribution in [0.3, 0.4) is 0 Å². The van der Waals surface area contributed by atoms with Crippen LogP contribution < -0.4 is 14.8 Å². The molecule has 1 N–H and O–H groups in total. The van der Waals surface area contributed by atoms with Gasteiger partial charge in [0.05, 0.1) is 13.5 Å². The van der Waals surface area contributed by atoms with Gasteiger partial charge in [-0.05, 0) is 53.1 Å². The average molecular weight is 447 g/mol. The van der Waals surface area contributed by atoms with E-state index < -0.39 is 0 Å². The smallest absolute Gasteiger partial charge is 0.298 e. The highest BCUT2D eigenvalue weighted by atomic mass is 32.1. The lowest BCUT2D eigenvalue weighted by molar-refractivity contribution is -0.120. The lowest BCUT2D eigenvalue weighted by Crippen LogP contribution is -2.24. The zero-order chi connectivity index (χ0) is 22.2. The molecule has 0 spiro atoms. The number of aromatic nitrogens is 3. The molecule has 0 saturated carbocycles. The summed E-state index contributed by atoms with van der Waals surface area (Å²) < 4.78 is 15.4. The molecule has 2 aromatic heterocycles. The van der Waals surface area contributed by atoms with E-state index in [9.17, 15) is 4.79 Å². The first-order chi connectivity index (χ1) is 15.7. The van der Waals surface area contributed by atoms with Crippen LogP contribution in [0.4, 0.5) is 0 Å². The molecule has 4 rings (SSSR count). The molecule has 0 saturated heterocycles. The summed E-state index contributed by atoms with van der Waals surface area (Å²) in [6, 6.07) is 19.0. The molecule has 8 heteroatoms. The summed E-state index contributed by atoms with van der Waals surface area (Å²) in [7, 11) is 1.65. The minimum absolute atomic E-state index is 0.0400. The molecule has 2 aromatic carbocycles. The molecule has 0 unspecified atom stereocenters. The van der Waals surface area contributed by atoms with Gasteiger partial charge in [-0.2, -0.15) is 9.36 Å². The minimum Gasteiger partial charge on any atom is -0.497 e. The van der Waals surface area contributed by atoms with E-state index in [4.69, 9.17) is 9.47 Å². The second kappa shape index (κ2) is 10.5. The lowest BCUT2D eigenvalue weighted by atomic mass is 10.1. The fraction of sp³-hybridized carbons (Fsp3) is 0.167. The maximum atomic E-state index is 12.2. The Morgan fingerprint density at radius 2 is 1.78 bits per heavy atom. The number of carbonyl (C=O) groups excluding carboxylic acids is 1. The summed E-state index contributed by atoms with van der Waals surface area (Å²) in [6.45, 7) is 0.484. The molecule has 0 aliphatic carbocycles. The highest BCUT2D eigenvalue weighted by molar-refractivity contribution is 7.07. The number of rotatable bonds is 9. The third-order valence-electron chi connectivity index (χ3n) is 4.68. The van der Waals surface area contributed by atoms with Gasteiger partial charge >= 0.3 is 0 Å². The van der Waals surface area contributed by atoms with Crippen molar-refractivity contribution in [3.63, 3.8) is 0 Å². The zero-order valence-corrected chi connectivity index (χ0v) is 18.3. The van der Waals surface area contributed by atoms with Crippen molar-refractivity contribution in [3.05, 3.63) is 95.6 Å². The van der Waals surface area contributed by atoms with Crippen LogP contribution in [0.5, 0.6) is 16.7 Å². The first-order valence-electron chi connectivity index (χ1n) is 10.1. The van der Waals surface area contributed by atoms with Crippen molar-refractivity contribution < 1.29 is 14.3 Å². The molecule has 32 heavy (non-hydrogen) atoms. The second-order valence-corrected chi connectivity index (χ2v) is 7.77. The van der Waals surface area contributed by atoms with Crippen LogP contribution in [0.2, 0.25) is 0 Å². The predicted molar refractivity (Wildman–Crippen MR) is 122 cm³/mol. The van der Waals surface area contributed by atoms with E-state index in [2.05, 4.69) is 19.7 Å². The number of hydrogen-bond donors (Lipinski definition) is 1. The Kier molecular flexibility index (Phi) is 7.04. The maximum Gasteiger partial charge on any atom is 0.298 e. The van der Waals surface area contributed by atoms with E-state index in [0.717, 1.165) is 22.4 Å². The van der Waals surface area contributed by atoms with Crippen molar-refractivity contribution in [2.45, 2.75) is 19.4 Å². The van der Waals surface area contributed by atoms with Crippen LogP contribution in [0.15, 0.2) is 73.1 Å². The van der Waals surface area contributed by atoms with Crippen LogP contribution in [-0.2, 0) is 24.2 Å². The van der Waals surface area contributed by atoms with Crippen molar-refractivity contribution in [3.8, 4) is 16.7 Å². The number of methoxy groups -OCH3 is 1. The molecular formula is C24H22N4O3S. The lowest BCUT2D eigenvalue weighted by Gasteiger charge is -2.06. The zero-order valence-electron chi connectivity index (χ0n) is 17.5. The van der Waals surface area contributed by atoms with E-state index in [1.165, 1.54) is 11.5 Å². The summed E-state index contributed by atoms with van der Waals surface area (Å²) in [5.41, 5.74) is 2.99. The first-order valence-corrected chi connectivity index (χ1v) is 10.8. The van der Waals surface area contributed by atoms with E-state index >= 15 is 0 Å². The van der Waals surface area contributed by atoms with Crippen LogP contribution in [0.1, 0.15) is 22.5 Å². The molecule has 0 aliphatic rings. The van der Waals surface area contributed by atoms with E-state index in [1.54, 1.807) is 19.5 Å². The molecule has 0 atom stereocenters. The van der Waals surface area contributed by atoms with Crippen molar-refractivity contribution in [1.29, 1.82) is 0 Å². The maximum absolute atomic E-state index is 12.2. The minimum atomic E-state index is -0.0400. The Hall–Kier alpha value is -3.78. The van der Waals surface area contributed by atoms with Gasteiger partial charge in [-0.3, -0.25) is 9.78 Å². The molecule has 7 nitrogen and oxygen atoms in total. The average Bonchev–Trinajstić information content (AvgIpc) is 3.26. The number of carbonyl (C=O) groups is 1. The van der Waals surface area contributed by atoms with Gasteiger partial charge in [0, 0.05) is 36.9 Å². The fourth-order valence-corrected chi connectivity index (χ4v) is 3.61. The van der Waals surface area contributed by atoms with Gasteiger partial charge in [0.15, 0.2) is 5.82 Å². The van der Waals surface area contributed by atoms with Crippen LogP contribution in [0, 0.1) is 0 Å². The Balaban J connectivity index is 1.28. The van der Waals surface area contributed by atoms with E-state index in [1.807, 2.05) is 60.7 Å². The molecule has 162 valence electrons. The highest BCUT2D eigenvalue weighted by Gasteiger charge is 2.09. The van der Waals surface area contributed by atoms with E-state index in [-0.39, 0.29) is 5.91 Å².